The number of hydrogen-bond acceptors (Lipinski definition) is 4. The average Bonchev–Trinajstić information content (AvgIpc) is 3.39. The zero-order chi connectivity index (χ0) is 21.1. The molecule has 2 fully saturated rings. The second kappa shape index (κ2) is 8.83. The van der Waals surface area contributed by atoms with E-state index >= 15 is 0 Å². The average molecular weight is 432 g/mol. The molecule has 2 aliphatic heterocycles. The maximum atomic E-state index is 13.2. The molecule has 2 atom stereocenters. The summed E-state index contributed by atoms with van der Waals surface area (Å²) in [5, 5.41) is 3.05. The van der Waals surface area contributed by atoms with Gasteiger partial charge in [-0.3, -0.25) is 9.69 Å². The molecule has 2 aliphatic rings. The van der Waals surface area contributed by atoms with E-state index < -0.39 is 21.9 Å². The lowest BCUT2D eigenvalue weighted by molar-refractivity contribution is -0.124. The summed E-state index contributed by atoms with van der Waals surface area (Å²) in [4.78, 5) is 15.2. The number of carbonyl (C=O) groups excluding carboxylic acids is 1. The van der Waals surface area contributed by atoms with Crippen LogP contribution in [0.1, 0.15) is 24.8 Å². The predicted molar refractivity (Wildman–Crippen MR) is 112 cm³/mol. The lowest BCUT2D eigenvalue weighted by atomic mass is 10.2. The summed E-state index contributed by atoms with van der Waals surface area (Å²) in [5.74, 6) is -0.740. The molecule has 0 bridgehead atoms. The molecule has 0 spiro atoms. The molecule has 1 amide bonds. The van der Waals surface area contributed by atoms with Crippen LogP contribution in [0.25, 0.3) is 0 Å². The Bertz CT molecular complexity index is 982. The largest absolute Gasteiger partial charge is 0.351 e. The van der Waals surface area contributed by atoms with Gasteiger partial charge in [-0.05, 0) is 49.1 Å². The maximum absolute atomic E-state index is 13.2. The van der Waals surface area contributed by atoms with Crippen molar-refractivity contribution in [3.8, 4) is 0 Å². The standard InChI is InChI=1S/C22H26FN3O3S/c23-18-8-10-20(11-9-18)30(28,29)26-13-4-7-21(26)22(27)24-19-12-14-25(16-19)15-17-5-2-1-3-6-17/h1-3,5-6,8-11,19,21H,4,7,12-16H2,(H,24,27)/t19-,21-/m0/s1. The SMILES string of the molecule is O=C(N[C@H]1CCN(Cc2ccccc2)C1)[C@@H]1CCCN1S(=O)(=O)c1ccc(F)cc1. The van der Waals surface area contributed by atoms with Crippen LogP contribution >= 0.6 is 0 Å². The third-order valence-electron chi connectivity index (χ3n) is 5.79. The first-order chi connectivity index (χ1) is 14.4. The van der Waals surface area contributed by atoms with Crippen LogP contribution in [0.15, 0.2) is 59.5 Å². The molecule has 2 heterocycles. The van der Waals surface area contributed by atoms with Crippen molar-refractivity contribution >= 4 is 15.9 Å². The summed E-state index contributed by atoms with van der Waals surface area (Å²) in [6, 6.07) is 14.2. The van der Waals surface area contributed by atoms with Gasteiger partial charge in [0.05, 0.1) is 4.90 Å². The van der Waals surface area contributed by atoms with Crippen LogP contribution in [0.2, 0.25) is 0 Å². The zero-order valence-electron chi connectivity index (χ0n) is 16.7. The Morgan fingerprint density at radius 1 is 1.03 bits per heavy atom. The number of halogens is 1. The van der Waals surface area contributed by atoms with E-state index in [0.29, 0.717) is 19.4 Å². The molecule has 2 aromatic carbocycles. The first-order valence-electron chi connectivity index (χ1n) is 10.3. The number of benzene rings is 2. The summed E-state index contributed by atoms with van der Waals surface area (Å²) in [6.07, 6.45) is 1.96. The lowest BCUT2D eigenvalue weighted by Gasteiger charge is -2.25. The monoisotopic (exact) mass is 431 g/mol. The Labute approximate surface area is 176 Å². The van der Waals surface area contributed by atoms with Crippen molar-refractivity contribution in [1.82, 2.24) is 14.5 Å². The third kappa shape index (κ3) is 4.55. The Morgan fingerprint density at radius 2 is 1.77 bits per heavy atom. The second-order valence-corrected chi connectivity index (χ2v) is 9.83. The minimum absolute atomic E-state index is 0.0113. The molecule has 2 aromatic rings. The number of amides is 1. The number of sulfonamides is 1. The van der Waals surface area contributed by atoms with Gasteiger partial charge in [0.25, 0.3) is 0 Å². The van der Waals surface area contributed by atoms with Gasteiger partial charge < -0.3 is 5.32 Å². The summed E-state index contributed by atoms with van der Waals surface area (Å²) in [7, 11) is -3.84. The number of rotatable bonds is 6. The van der Waals surface area contributed by atoms with Gasteiger partial charge in [0, 0.05) is 32.2 Å². The maximum Gasteiger partial charge on any atom is 0.243 e. The van der Waals surface area contributed by atoms with Gasteiger partial charge in [-0.25, -0.2) is 12.8 Å². The molecule has 4 rings (SSSR count). The molecule has 8 heteroatoms. The van der Waals surface area contributed by atoms with Crippen LogP contribution in [0, 0.1) is 5.82 Å². The van der Waals surface area contributed by atoms with Crippen LogP contribution in [0.3, 0.4) is 0 Å². The van der Waals surface area contributed by atoms with Gasteiger partial charge in [0.2, 0.25) is 15.9 Å². The van der Waals surface area contributed by atoms with E-state index in [-0.39, 0.29) is 16.8 Å². The van der Waals surface area contributed by atoms with E-state index in [4.69, 9.17) is 0 Å². The Balaban J connectivity index is 1.38. The fraction of sp³-hybridized carbons (Fsp3) is 0.409. The fourth-order valence-corrected chi connectivity index (χ4v) is 5.92. The minimum atomic E-state index is -3.84. The molecule has 2 saturated heterocycles. The van der Waals surface area contributed by atoms with Gasteiger partial charge in [-0.1, -0.05) is 30.3 Å². The smallest absolute Gasteiger partial charge is 0.243 e. The zero-order valence-corrected chi connectivity index (χ0v) is 17.5. The van der Waals surface area contributed by atoms with Crippen molar-refractivity contribution in [2.45, 2.75) is 42.8 Å². The summed E-state index contributed by atoms with van der Waals surface area (Å²) in [5.41, 5.74) is 1.23. The van der Waals surface area contributed by atoms with E-state index in [2.05, 4.69) is 22.3 Å². The second-order valence-electron chi connectivity index (χ2n) is 7.94. The minimum Gasteiger partial charge on any atom is -0.351 e. The van der Waals surface area contributed by atoms with E-state index in [9.17, 15) is 17.6 Å². The van der Waals surface area contributed by atoms with Crippen molar-refractivity contribution in [3.05, 3.63) is 66.0 Å². The summed E-state index contributed by atoms with van der Waals surface area (Å²) in [6.45, 7) is 2.77. The fourth-order valence-electron chi connectivity index (χ4n) is 4.26. The van der Waals surface area contributed by atoms with E-state index in [1.54, 1.807) is 0 Å². The van der Waals surface area contributed by atoms with Crippen LogP contribution in [0.5, 0.6) is 0 Å². The first-order valence-corrected chi connectivity index (χ1v) is 11.7. The van der Waals surface area contributed by atoms with E-state index in [1.807, 2.05) is 18.2 Å². The van der Waals surface area contributed by atoms with E-state index in [0.717, 1.165) is 38.2 Å². The van der Waals surface area contributed by atoms with Gasteiger partial charge in [0.1, 0.15) is 11.9 Å². The van der Waals surface area contributed by atoms with Gasteiger partial charge >= 0.3 is 0 Å². The molecular weight excluding hydrogens is 405 g/mol. The van der Waals surface area contributed by atoms with E-state index in [1.165, 1.54) is 22.0 Å². The molecule has 6 nitrogen and oxygen atoms in total. The van der Waals surface area contributed by atoms with Crippen LogP contribution in [-0.4, -0.2) is 55.2 Å². The third-order valence-corrected chi connectivity index (χ3v) is 7.72. The van der Waals surface area contributed by atoms with Crippen molar-refractivity contribution in [2.75, 3.05) is 19.6 Å². The molecule has 0 radical (unpaired) electrons. The number of nitrogens with one attached hydrogen (secondary N) is 1. The van der Waals surface area contributed by atoms with Crippen molar-refractivity contribution in [1.29, 1.82) is 0 Å². The van der Waals surface area contributed by atoms with Crippen molar-refractivity contribution in [2.24, 2.45) is 0 Å². The molecule has 30 heavy (non-hydrogen) atoms. The summed E-state index contributed by atoms with van der Waals surface area (Å²) < 4.78 is 40.4. The summed E-state index contributed by atoms with van der Waals surface area (Å²) >= 11 is 0. The van der Waals surface area contributed by atoms with Crippen molar-refractivity contribution in [3.63, 3.8) is 0 Å². The molecule has 0 saturated carbocycles. The molecular formula is C22H26FN3O3S. The topological polar surface area (TPSA) is 69.7 Å². The molecule has 0 aliphatic carbocycles. The quantitative estimate of drug-likeness (QED) is 0.763. The Morgan fingerprint density at radius 3 is 2.50 bits per heavy atom. The predicted octanol–water partition coefficient (Wildman–Crippen LogP) is 2.37. The molecule has 0 aromatic heterocycles. The highest BCUT2D eigenvalue weighted by molar-refractivity contribution is 7.89. The Kier molecular flexibility index (Phi) is 6.17. The van der Waals surface area contributed by atoms with Gasteiger partial charge in [-0.15, -0.1) is 0 Å². The highest BCUT2D eigenvalue weighted by Gasteiger charge is 2.40. The first kappa shape index (κ1) is 21.0. The Hall–Kier alpha value is -2.29. The van der Waals surface area contributed by atoms with Crippen LogP contribution < -0.4 is 5.32 Å². The number of likely N-dealkylation sites (tertiary alicyclic amines) is 1. The molecule has 1 N–H and O–H groups in total. The number of hydrogen-bond donors (Lipinski definition) is 1. The highest BCUT2D eigenvalue weighted by atomic mass is 32.2. The molecule has 0 unspecified atom stereocenters. The molecule has 160 valence electrons. The highest BCUT2D eigenvalue weighted by Crippen LogP contribution is 2.27. The number of carbonyl (C=O) groups is 1. The van der Waals surface area contributed by atoms with Gasteiger partial charge in [0.15, 0.2) is 0 Å². The van der Waals surface area contributed by atoms with Crippen LogP contribution in [-0.2, 0) is 21.4 Å². The normalized spacial score (nSPS) is 23.0. The lowest BCUT2D eigenvalue weighted by Crippen LogP contribution is -2.49. The van der Waals surface area contributed by atoms with Gasteiger partial charge in [-0.2, -0.15) is 4.31 Å². The van der Waals surface area contributed by atoms with Crippen molar-refractivity contribution < 1.29 is 17.6 Å². The van der Waals surface area contributed by atoms with Crippen LogP contribution in [0.4, 0.5) is 4.39 Å². The number of nitrogens with zero attached hydrogens (tertiary/aromatic N) is 2.